The number of nitrogens with zero attached hydrogens (tertiary/aromatic N) is 1. The highest BCUT2D eigenvalue weighted by Crippen LogP contribution is 2.40. The SMILES string of the molecule is CCC(NS(=O)(=O)c1ccc(F)cc1)C(=O)Nc1nc2c(s1)CC(C(C)(C)C)CC2. The predicted octanol–water partition coefficient (Wildman–Crippen LogP) is 4.13. The van der Waals surface area contributed by atoms with Gasteiger partial charge in [-0.3, -0.25) is 4.79 Å². The molecule has 3 rings (SSSR count). The molecule has 0 saturated carbocycles. The zero-order valence-electron chi connectivity index (χ0n) is 17.7. The number of carbonyl (C=O) groups excluding carboxylic acids is 1. The normalized spacial score (nSPS) is 18.0. The van der Waals surface area contributed by atoms with Gasteiger partial charge in [-0.05, 0) is 61.3 Å². The van der Waals surface area contributed by atoms with E-state index in [0.717, 1.165) is 37.1 Å². The minimum absolute atomic E-state index is 0.0897. The molecule has 1 aromatic carbocycles. The first-order valence-electron chi connectivity index (χ1n) is 10.1. The molecule has 2 N–H and O–H groups in total. The molecule has 30 heavy (non-hydrogen) atoms. The van der Waals surface area contributed by atoms with E-state index in [1.165, 1.54) is 28.3 Å². The van der Waals surface area contributed by atoms with Gasteiger partial charge in [-0.25, -0.2) is 17.8 Å². The Morgan fingerprint density at radius 2 is 1.97 bits per heavy atom. The number of nitrogens with one attached hydrogen (secondary N) is 2. The highest BCUT2D eigenvalue weighted by molar-refractivity contribution is 7.89. The lowest BCUT2D eigenvalue weighted by Crippen LogP contribution is -2.43. The molecule has 164 valence electrons. The molecular weight excluding hydrogens is 425 g/mol. The number of hydrogen-bond donors (Lipinski definition) is 2. The van der Waals surface area contributed by atoms with E-state index in [4.69, 9.17) is 0 Å². The maximum absolute atomic E-state index is 13.1. The molecule has 2 aromatic rings. The monoisotopic (exact) mass is 453 g/mol. The summed E-state index contributed by atoms with van der Waals surface area (Å²) in [6.45, 7) is 8.45. The number of aromatic nitrogens is 1. The summed E-state index contributed by atoms with van der Waals surface area (Å²) in [5.74, 6) is -0.415. The number of thiazole rings is 1. The predicted molar refractivity (Wildman–Crippen MR) is 117 cm³/mol. The third-order valence-electron chi connectivity index (χ3n) is 5.54. The minimum atomic E-state index is -3.95. The standard InChI is InChI=1S/C21H28FN3O3S2/c1-5-16(25-30(27,28)15-9-7-14(22)8-10-15)19(26)24-20-23-17-11-6-13(21(2,3)4)12-18(17)29-20/h7-10,13,16,25H,5-6,11-12H2,1-4H3,(H,23,24,26). The van der Waals surface area contributed by atoms with Crippen molar-refractivity contribution < 1.29 is 17.6 Å². The van der Waals surface area contributed by atoms with Crippen LogP contribution in [0.3, 0.4) is 0 Å². The quantitative estimate of drug-likeness (QED) is 0.688. The second kappa shape index (κ2) is 8.72. The van der Waals surface area contributed by atoms with Crippen LogP contribution in [-0.4, -0.2) is 25.4 Å². The lowest BCUT2D eigenvalue weighted by molar-refractivity contribution is -0.117. The average Bonchev–Trinajstić information content (AvgIpc) is 3.07. The van der Waals surface area contributed by atoms with Gasteiger partial charge in [0.1, 0.15) is 11.9 Å². The van der Waals surface area contributed by atoms with Crippen molar-refractivity contribution in [2.24, 2.45) is 11.3 Å². The highest BCUT2D eigenvalue weighted by atomic mass is 32.2. The van der Waals surface area contributed by atoms with Crippen LogP contribution in [0.15, 0.2) is 29.2 Å². The Labute approximate surface area is 181 Å². The van der Waals surface area contributed by atoms with E-state index in [2.05, 4.69) is 35.8 Å². The fourth-order valence-corrected chi connectivity index (χ4v) is 5.92. The number of aryl methyl sites for hydroxylation is 1. The van der Waals surface area contributed by atoms with Crippen molar-refractivity contribution in [1.82, 2.24) is 9.71 Å². The second-order valence-electron chi connectivity index (χ2n) is 8.72. The maximum atomic E-state index is 13.1. The summed E-state index contributed by atoms with van der Waals surface area (Å²) < 4.78 is 40.5. The van der Waals surface area contributed by atoms with Crippen LogP contribution >= 0.6 is 11.3 Å². The molecule has 0 aliphatic heterocycles. The number of halogens is 1. The Hall–Kier alpha value is -1.84. The third kappa shape index (κ3) is 5.25. The topological polar surface area (TPSA) is 88.2 Å². The number of rotatable bonds is 6. The Bertz CT molecular complexity index is 1010. The van der Waals surface area contributed by atoms with Gasteiger partial charge in [-0.15, -0.1) is 11.3 Å². The molecular formula is C21H28FN3O3S2. The van der Waals surface area contributed by atoms with Crippen LogP contribution in [0.5, 0.6) is 0 Å². The average molecular weight is 454 g/mol. The smallest absolute Gasteiger partial charge is 0.244 e. The van der Waals surface area contributed by atoms with Crippen LogP contribution in [0.25, 0.3) is 0 Å². The van der Waals surface area contributed by atoms with Crippen molar-refractivity contribution in [3.63, 3.8) is 0 Å². The van der Waals surface area contributed by atoms with E-state index in [-0.39, 0.29) is 16.7 Å². The zero-order valence-corrected chi connectivity index (χ0v) is 19.3. The van der Waals surface area contributed by atoms with E-state index in [0.29, 0.717) is 11.0 Å². The number of amides is 1. The third-order valence-corrected chi connectivity index (χ3v) is 8.06. The van der Waals surface area contributed by atoms with Crippen LogP contribution in [0.1, 0.15) is 51.1 Å². The Morgan fingerprint density at radius 1 is 1.30 bits per heavy atom. The Balaban J connectivity index is 1.69. The van der Waals surface area contributed by atoms with Gasteiger partial charge in [-0.1, -0.05) is 27.7 Å². The summed E-state index contributed by atoms with van der Waals surface area (Å²) >= 11 is 1.47. The summed E-state index contributed by atoms with van der Waals surface area (Å²) in [5, 5.41) is 3.27. The van der Waals surface area contributed by atoms with E-state index in [1.54, 1.807) is 6.92 Å². The van der Waals surface area contributed by atoms with Crippen molar-refractivity contribution in [3.8, 4) is 0 Å². The fraction of sp³-hybridized carbons (Fsp3) is 0.524. The number of carbonyl (C=O) groups is 1. The number of anilines is 1. The molecule has 1 heterocycles. The van der Waals surface area contributed by atoms with Crippen LogP contribution in [-0.2, 0) is 27.7 Å². The van der Waals surface area contributed by atoms with Gasteiger partial charge in [0.15, 0.2) is 5.13 Å². The van der Waals surface area contributed by atoms with Crippen molar-refractivity contribution in [2.75, 3.05) is 5.32 Å². The van der Waals surface area contributed by atoms with Crippen LogP contribution in [0.4, 0.5) is 9.52 Å². The molecule has 1 aliphatic carbocycles. The van der Waals surface area contributed by atoms with Gasteiger partial charge in [0, 0.05) is 4.88 Å². The lowest BCUT2D eigenvalue weighted by Gasteiger charge is -2.33. The Morgan fingerprint density at radius 3 is 2.57 bits per heavy atom. The molecule has 1 aliphatic rings. The molecule has 6 nitrogen and oxygen atoms in total. The first kappa shape index (κ1) is 22.8. The van der Waals surface area contributed by atoms with E-state index in [1.807, 2.05) is 0 Å². The molecule has 0 fully saturated rings. The summed E-state index contributed by atoms with van der Waals surface area (Å²) in [6.07, 6.45) is 3.17. The van der Waals surface area contributed by atoms with Crippen molar-refractivity contribution in [3.05, 3.63) is 40.7 Å². The van der Waals surface area contributed by atoms with Crippen LogP contribution < -0.4 is 10.0 Å². The molecule has 2 atom stereocenters. The van der Waals surface area contributed by atoms with Gasteiger partial charge in [0.05, 0.1) is 10.6 Å². The molecule has 9 heteroatoms. The highest BCUT2D eigenvalue weighted by Gasteiger charge is 2.31. The number of benzene rings is 1. The molecule has 1 amide bonds. The number of hydrogen-bond acceptors (Lipinski definition) is 5. The fourth-order valence-electron chi connectivity index (χ4n) is 3.55. The zero-order chi connectivity index (χ0) is 22.1. The second-order valence-corrected chi connectivity index (χ2v) is 11.5. The van der Waals surface area contributed by atoms with E-state index < -0.39 is 27.8 Å². The molecule has 0 saturated heterocycles. The van der Waals surface area contributed by atoms with Gasteiger partial charge >= 0.3 is 0 Å². The molecule has 2 unspecified atom stereocenters. The van der Waals surface area contributed by atoms with Crippen molar-refractivity contribution in [2.45, 2.75) is 64.3 Å². The van der Waals surface area contributed by atoms with Gasteiger partial charge < -0.3 is 5.32 Å². The maximum Gasteiger partial charge on any atom is 0.244 e. The van der Waals surface area contributed by atoms with Crippen LogP contribution in [0, 0.1) is 17.2 Å². The number of sulfonamides is 1. The van der Waals surface area contributed by atoms with E-state index >= 15 is 0 Å². The lowest BCUT2D eigenvalue weighted by atomic mass is 9.73. The summed E-state index contributed by atoms with van der Waals surface area (Å²) in [5.41, 5.74) is 1.24. The van der Waals surface area contributed by atoms with Gasteiger partial charge in [0.25, 0.3) is 0 Å². The summed E-state index contributed by atoms with van der Waals surface area (Å²) in [4.78, 5) is 18.4. The Kier molecular flexibility index (Phi) is 6.64. The van der Waals surface area contributed by atoms with Crippen LogP contribution in [0.2, 0.25) is 0 Å². The summed E-state index contributed by atoms with van der Waals surface area (Å²) in [6, 6.07) is 3.52. The first-order chi connectivity index (χ1) is 14.0. The molecule has 0 bridgehead atoms. The largest absolute Gasteiger partial charge is 0.301 e. The van der Waals surface area contributed by atoms with Gasteiger partial charge in [0.2, 0.25) is 15.9 Å². The first-order valence-corrected chi connectivity index (χ1v) is 12.4. The minimum Gasteiger partial charge on any atom is -0.301 e. The van der Waals surface area contributed by atoms with Gasteiger partial charge in [-0.2, -0.15) is 4.72 Å². The number of fused-ring (bicyclic) bond motifs is 1. The summed E-state index contributed by atoms with van der Waals surface area (Å²) in [7, 11) is -3.95. The molecule has 0 spiro atoms. The van der Waals surface area contributed by atoms with E-state index in [9.17, 15) is 17.6 Å². The van der Waals surface area contributed by atoms with Crippen molar-refractivity contribution in [1.29, 1.82) is 0 Å². The molecule has 0 radical (unpaired) electrons. The van der Waals surface area contributed by atoms with Crippen molar-refractivity contribution >= 4 is 32.4 Å². The molecule has 1 aromatic heterocycles.